The molecule has 3 heteroatoms. The molecule has 2 aromatic rings. The second-order valence-corrected chi connectivity index (χ2v) is 10.9. The first-order valence-electron chi connectivity index (χ1n) is 12.2. The van der Waals surface area contributed by atoms with Gasteiger partial charge in [-0.2, -0.15) is 0 Å². The van der Waals surface area contributed by atoms with Crippen LogP contribution in [0.1, 0.15) is 60.9 Å². The minimum absolute atomic E-state index is 0.0846. The highest BCUT2D eigenvalue weighted by atomic mass is 16.3. The van der Waals surface area contributed by atoms with Gasteiger partial charge in [-0.05, 0) is 68.3 Å². The Labute approximate surface area is 185 Å². The van der Waals surface area contributed by atoms with Gasteiger partial charge in [0.2, 0.25) is 0 Å². The van der Waals surface area contributed by atoms with Crippen LogP contribution in [0.4, 0.5) is 0 Å². The zero-order chi connectivity index (χ0) is 21.1. The quantitative estimate of drug-likeness (QED) is 0.711. The molecular weight excluding hydrogens is 382 g/mol. The van der Waals surface area contributed by atoms with Gasteiger partial charge in [0.25, 0.3) is 0 Å². The van der Waals surface area contributed by atoms with E-state index in [1.165, 1.54) is 38.5 Å². The third kappa shape index (κ3) is 3.20. The fourth-order valence-electron chi connectivity index (χ4n) is 8.00. The van der Waals surface area contributed by atoms with Crippen LogP contribution in [-0.4, -0.2) is 34.4 Å². The van der Waals surface area contributed by atoms with Gasteiger partial charge in [0.15, 0.2) is 5.78 Å². The number of carbonyl (C=O) groups is 1. The third-order valence-corrected chi connectivity index (χ3v) is 9.07. The Morgan fingerprint density at radius 1 is 0.839 bits per heavy atom. The number of Topliss-reactive ketones (excluding diaryl/α,β-unsaturated/α-hetero) is 1. The van der Waals surface area contributed by atoms with Gasteiger partial charge in [-0.15, -0.1) is 0 Å². The first-order valence-corrected chi connectivity index (χ1v) is 12.2. The van der Waals surface area contributed by atoms with Crippen LogP contribution < -0.4 is 0 Å². The molecule has 1 N–H and O–H groups in total. The number of carbonyl (C=O) groups excluding carboxylic acids is 1. The van der Waals surface area contributed by atoms with E-state index in [-0.39, 0.29) is 11.3 Å². The summed E-state index contributed by atoms with van der Waals surface area (Å²) in [6.07, 6.45) is 8.80. The molecule has 4 bridgehead atoms. The van der Waals surface area contributed by atoms with Crippen LogP contribution in [0.25, 0.3) is 0 Å². The molecule has 31 heavy (non-hydrogen) atoms. The second kappa shape index (κ2) is 7.28. The van der Waals surface area contributed by atoms with E-state index in [4.69, 9.17) is 0 Å². The number of aliphatic hydroxyl groups is 1. The SMILES string of the molecule is O=C(c1ccccc1)C1CN(C23CC4CC(CC(C4)C2)C3)CCC1(O)c1ccccc1. The maximum atomic E-state index is 13.8. The fraction of sp³-hybridized carbons (Fsp3) is 0.536. The van der Waals surface area contributed by atoms with Gasteiger partial charge < -0.3 is 5.11 Å². The van der Waals surface area contributed by atoms with Gasteiger partial charge in [0.05, 0.1) is 5.92 Å². The minimum atomic E-state index is -1.10. The maximum absolute atomic E-state index is 13.8. The molecular formula is C28H33NO2. The number of hydrogen-bond acceptors (Lipinski definition) is 3. The molecule has 3 nitrogen and oxygen atoms in total. The summed E-state index contributed by atoms with van der Waals surface area (Å²) < 4.78 is 0. The second-order valence-electron chi connectivity index (χ2n) is 10.9. The number of benzene rings is 2. The number of hydrogen-bond donors (Lipinski definition) is 1. The molecule has 162 valence electrons. The molecule has 0 spiro atoms. The molecule has 1 saturated heterocycles. The lowest BCUT2D eigenvalue weighted by molar-refractivity contribution is -0.136. The van der Waals surface area contributed by atoms with Crippen molar-refractivity contribution in [2.45, 2.75) is 56.1 Å². The number of likely N-dealkylation sites (tertiary alicyclic amines) is 1. The van der Waals surface area contributed by atoms with E-state index < -0.39 is 11.5 Å². The lowest BCUT2D eigenvalue weighted by atomic mass is 9.52. The summed E-state index contributed by atoms with van der Waals surface area (Å²) in [5.41, 5.74) is 0.762. The van der Waals surface area contributed by atoms with Crippen LogP contribution in [-0.2, 0) is 5.60 Å². The largest absolute Gasteiger partial charge is 0.384 e. The van der Waals surface area contributed by atoms with Crippen LogP contribution in [0.15, 0.2) is 60.7 Å². The predicted octanol–water partition coefficient (Wildman–Crippen LogP) is 5.05. The first-order chi connectivity index (χ1) is 15.1. The van der Waals surface area contributed by atoms with Crippen LogP contribution in [0.5, 0.6) is 0 Å². The molecule has 1 aliphatic heterocycles. The molecule has 2 atom stereocenters. The standard InChI is InChI=1S/C28H33NO2/c30-26(23-7-3-1-4-8-23)25-19-29(12-11-28(25,31)24-9-5-2-6-10-24)27-16-20-13-21(17-27)15-22(14-20)18-27/h1-10,20-22,25,31H,11-19H2. The summed E-state index contributed by atoms with van der Waals surface area (Å²) in [5.74, 6) is 2.29. The van der Waals surface area contributed by atoms with Gasteiger partial charge in [-0.1, -0.05) is 60.7 Å². The van der Waals surface area contributed by atoms with Gasteiger partial charge in [0.1, 0.15) is 5.60 Å². The lowest BCUT2D eigenvalue weighted by Crippen LogP contribution is -2.65. The zero-order valence-corrected chi connectivity index (χ0v) is 18.2. The van der Waals surface area contributed by atoms with Crippen molar-refractivity contribution in [1.82, 2.24) is 4.90 Å². The number of rotatable bonds is 4. The van der Waals surface area contributed by atoms with Crippen LogP contribution >= 0.6 is 0 Å². The van der Waals surface area contributed by atoms with Crippen molar-refractivity contribution in [2.24, 2.45) is 23.7 Å². The zero-order valence-electron chi connectivity index (χ0n) is 18.2. The molecule has 5 fully saturated rings. The Morgan fingerprint density at radius 3 is 1.97 bits per heavy atom. The van der Waals surface area contributed by atoms with Crippen molar-refractivity contribution in [1.29, 1.82) is 0 Å². The van der Waals surface area contributed by atoms with E-state index >= 15 is 0 Å². The van der Waals surface area contributed by atoms with Crippen molar-refractivity contribution in [2.75, 3.05) is 13.1 Å². The molecule has 0 radical (unpaired) electrons. The van der Waals surface area contributed by atoms with Gasteiger partial charge in [-0.3, -0.25) is 9.69 Å². The Kier molecular flexibility index (Phi) is 4.63. The highest BCUT2D eigenvalue weighted by Crippen LogP contribution is 2.59. The molecule has 2 unspecified atom stereocenters. The number of nitrogens with zero attached hydrogens (tertiary/aromatic N) is 1. The molecule has 4 saturated carbocycles. The third-order valence-electron chi connectivity index (χ3n) is 9.07. The smallest absolute Gasteiger partial charge is 0.170 e. The summed E-state index contributed by atoms with van der Waals surface area (Å²) in [4.78, 5) is 16.4. The maximum Gasteiger partial charge on any atom is 0.170 e. The van der Waals surface area contributed by atoms with E-state index in [0.717, 1.165) is 29.9 Å². The average Bonchev–Trinajstić information content (AvgIpc) is 2.79. The van der Waals surface area contributed by atoms with Crippen molar-refractivity contribution in [3.63, 3.8) is 0 Å². The predicted molar refractivity (Wildman–Crippen MR) is 122 cm³/mol. The molecule has 7 rings (SSSR count). The van der Waals surface area contributed by atoms with Crippen LogP contribution in [0.2, 0.25) is 0 Å². The molecule has 2 aromatic carbocycles. The fourth-order valence-corrected chi connectivity index (χ4v) is 8.00. The van der Waals surface area contributed by atoms with E-state index in [1.807, 2.05) is 60.7 Å². The van der Waals surface area contributed by atoms with Gasteiger partial charge in [-0.25, -0.2) is 0 Å². The lowest BCUT2D eigenvalue weighted by Gasteiger charge is -2.62. The summed E-state index contributed by atoms with van der Waals surface area (Å²) >= 11 is 0. The van der Waals surface area contributed by atoms with Crippen LogP contribution in [0.3, 0.4) is 0 Å². The first kappa shape index (κ1) is 19.7. The molecule has 1 heterocycles. The summed E-state index contributed by atoms with van der Waals surface area (Å²) in [7, 11) is 0. The van der Waals surface area contributed by atoms with E-state index in [0.29, 0.717) is 18.5 Å². The number of ketones is 1. The summed E-state index contributed by atoms with van der Waals surface area (Å²) in [5, 5.41) is 12.0. The Hall–Kier alpha value is -1.97. The van der Waals surface area contributed by atoms with E-state index in [1.54, 1.807) is 0 Å². The van der Waals surface area contributed by atoms with Gasteiger partial charge in [0, 0.05) is 24.2 Å². The molecule has 0 amide bonds. The highest BCUT2D eigenvalue weighted by Gasteiger charge is 2.57. The monoisotopic (exact) mass is 415 g/mol. The average molecular weight is 416 g/mol. The Balaban J connectivity index is 1.36. The molecule has 5 aliphatic rings. The van der Waals surface area contributed by atoms with Crippen molar-refractivity contribution in [3.8, 4) is 0 Å². The van der Waals surface area contributed by atoms with Crippen molar-refractivity contribution < 1.29 is 9.90 Å². The van der Waals surface area contributed by atoms with Crippen molar-refractivity contribution in [3.05, 3.63) is 71.8 Å². The number of piperidine rings is 1. The van der Waals surface area contributed by atoms with Crippen LogP contribution in [0, 0.1) is 23.7 Å². The van der Waals surface area contributed by atoms with E-state index in [9.17, 15) is 9.90 Å². The van der Waals surface area contributed by atoms with Gasteiger partial charge >= 0.3 is 0 Å². The molecule has 4 aliphatic carbocycles. The summed E-state index contributed by atoms with van der Waals surface area (Å²) in [6, 6.07) is 19.5. The topological polar surface area (TPSA) is 40.5 Å². The Bertz CT molecular complexity index is 920. The molecule has 0 aromatic heterocycles. The van der Waals surface area contributed by atoms with Crippen molar-refractivity contribution >= 4 is 5.78 Å². The summed E-state index contributed by atoms with van der Waals surface area (Å²) in [6.45, 7) is 1.56. The minimum Gasteiger partial charge on any atom is -0.384 e. The normalized spacial score (nSPS) is 39.5. The Morgan fingerprint density at radius 2 is 1.39 bits per heavy atom. The highest BCUT2D eigenvalue weighted by molar-refractivity contribution is 5.99. The van der Waals surface area contributed by atoms with E-state index in [2.05, 4.69) is 4.90 Å².